The Hall–Kier alpha value is -2.57. The summed E-state index contributed by atoms with van der Waals surface area (Å²) in [5, 5.41) is 14.2. The molecule has 0 saturated heterocycles. The van der Waals surface area contributed by atoms with Crippen LogP contribution in [0.2, 0.25) is 0 Å². The lowest BCUT2D eigenvalue weighted by Gasteiger charge is -2.25. The van der Waals surface area contributed by atoms with Gasteiger partial charge in [0.15, 0.2) is 0 Å². The molecule has 1 aliphatic rings. The van der Waals surface area contributed by atoms with E-state index in [1.54, 1.807) is 0 Å². The molecule has 136 valence electrons. The van der Waals surface area contributed by atoms with Crippen LogP contribution in [0.25, 0.3) is 0 Å². The van der Waals surface area contributed by atoms with Crippen molar-refractivity contribution in [1.82, 2.24) is 10.6 Å². The predicted molar refractivity (Wildman–Crippen MR) is 91.3 cm³/mol. The first kappa shape index (κ1) is 18.8. The van der Waals surface area contributed by atoms with Gasteiger partial charge in [-0.2, -0.15) is 0 Å². The van der Waals surface area contributed by atoms with E-state index in [1.807, 2.05) is 38.1 Å². The summed E-state index contributed by atoms with van der Waals surface area (Å²) >= 11 is 0. The van der Waals surface area contributed by atoms with Crippen molar-refractivity contribution in [2.45, 2.75) is 38.6 Å². The number of carbonyl (C=O) groups is 3. The van der Waals surface area contributed by atoms with Gasteiger partial charge in [-0.15, -0.1) is 0 Å². The molecule has 1 unspecified atom stereocenters. The highest BCUT2D eigenvalue weighted by Crippen LogP contribution is 2.33. The fourth-order valence-electron chi connectivity index (χ4n) is 2.84. The summed E-state index contributed by atoms with van der Waals surface area (Å²) in [6.07, 6.45) is 0.873. The first-order valence-corrected chi connectivity index (χ1v) is 8.40. The van der Waals surface area contributed by atoms with Crippen molar-refractivity contribution in [2.75, 3.05) is 13.2 Å². The molecule has 0 aromatic heterocycles. The van der Waals surface area contributed by atoms with Gasteiger partial charge in [-0.1, -0.05) is 32.0 Å². The zero-order valence-electron chi connectivity index (χ0n) is 14.5. The van der Waals surface area contributed by atoms with Crippen LogP contribution >= 0.6 is 0 Å². The minimum Gasteiger partial charge on any atom is -0.493 e. The van der Waals surface area contributed by atoms with Gasteiger partial charge in [-0.25, -0.2) is 4.79 Å². The van der Waals surface area contributed by atoms with Gasteiger partial charge in [0, 0.05) is 5.56 Å². The van der Waals surface area contributed by atoms with E-state index in [4.69, 9.17) is 9.84 Å². The van der Waals surface area contributed by atoms with Crippen molar-refractivity contribution < 1.29 is 24.2 Å². The van der Waals surface area contributed by atoms with Gasteiger partial charge in [0.05, 0.1) is 19.1 Å². The molecule has 0 saturated carbocycles. The molecule has 0 bridgehead atoms. The van der Waals surface area contributed by atoms with Gasteiger partial charge in [-0.05, 0) is 24.8 Å². The van der Waals surface area contributed by atoms with Gasteiger partial charge in [0.25, 0.3) is 0 Å². The number of ether oxygens (including phenoxy) is 1. The van der Waals surface area contributed by atoms with Gasteiger partial charge in [0.2, 0.25) is 11.8 Å². The molecular weight excluding hydrogens is 324 g/mol. The molecule has 3 N–H and O–H groups in total. The smallest absolute Gasteiger partial charge is 0.326 e. The van der Waals surface area contributed by atoms with E-state index in [-0.39, 0.29) is 24.3 Å². The van der Waals surface area contributed by atoms with E-state index in [0.29, 0.717) is 25.2 Å². The Bertz CT molecular complexity index is 644. The summed E-state index contributed by atoms with van der Waals surface area (Å²) in [4.78, 5) is 35.5. The van der Waals surface area contributed by atoms with E-state index < -0.39 is 17.9 Å². The number of para-hydroxylation sites is 1. The molecule has 1 aliphatic heterocycles. The summed E-state index contributed by atoms with van der Waals surface area (Å²) in [6.45, 7) is 3.95. The minimum absolute atomic E-state index is 0.134. The Labute approximate surface area is 146 Å². The summed E-state index contributed by atoms with van der Waals surface area (Å²) in [5.74, 6) is -1.41. The highest BCUT2D eigenvalue weighted by atomic mass is 16.5. The van der Waals surface area contributed by atoms with Crippen LogP contribution in [-0.2, 0) is 14.4 Å². The zero-order chi connectivity index (χ0) is 18.4. The molecule has 0 aliphatic carbocycles. The van der Waals surface area contributed by atoms with Crippen LogP contribution in [0.15, 0.2) is 24.3 Å². The topological polar surface area (TPSA) is 105 Å². The second kappa shape index (κ2) is 8.50. The third-order valence-electron chi connectivity index (χ3n) is 4.04. The quantitative estimate of drug-likeness (QED) is 0.689. The van der Waals surface area contributed by atoms with Crippen LogP contribution in [0.4, 0.5) is 0 Å². The second-order valence-corrected chi connectivity index (χ2v) is 6.53. The molecule has 0 spiro atoms. The molecule has 25 heavy (non-hydrogen) atoms. The molecule has 0 radical (unpaired) electrons. The van der Waals surface area contributed by atoms with Gasteiger partial charge < -0.3 is 20.5 Å². The Morgan fingerprint density at radius 3 is 2.68 bits per heavy atom. The van der Waals surface area contributed by atoms with Crippen LogP contribution in [0.3, 0.4) is 0 Å². The molecule has 2 atom stereocenters. The molecule has 2 rings (SSSR count). The Balaban J connectivity index is 1.90. The molecule has 2 amide bonds. The van der Waals surface area contributed by atoms with Gasteiger partial charge in [-0.3, -0.25) is 9.59 Å². The molecule has 7 nitrogen and oxygen atoms in total. The third-order valence-corrected chi connectivity index (χ3v) is 4.04. The number of amides is 2. The number of carboxylic acid groups (broad SMARTS) is 1. The lowest BCUT2D eigenvalue weighted by atomic mass is 9.92. The van der Waals surface area contributed by atoms with E-state index in [9.17, 15) is 14.4 Å². The number of rotatable bonds is 7. The van der Waals surface area contributed by atoms with Crippen LogP contribution in [0, 0.1) is 5.92 Å². The molecule has 1 aromatic rings. The first-order valence-electron chi connectivity index (χ1n) is 8.40. The number of carboxylic acids is 1. The first-order chi connectivity index (χ1) is 11.9. The SMILES string of the molecule is CC(C)C[C@H](NC(=O)CNC(=O)C1CCOc2ccccc21)C(=O)O. The number of fused-ring (bicyclic) bond motifs is 1. The number of aliphatic carboxylic acids is 1. The van der Waals surface area contributed by atoms with E-state index >= 15 is 0 Å². The van der Waals surface area contributed by atoms with Crippen molar-refractivity contribution >= 4 is 17.8 Å². The Morgan fingerprint density at radius 2 is 2.00 bits per heavy atom. The fourth-order valence-corrected chi connectivity index (χ4v) is 2.84. The van der Waals surface area contributed by atoms with Crippen LogP contribution in [0.5, 0.6) is 5.75 Å². The molecular formula is C18H24N2O5. The van der Waals surface area contributed by atoms with Crippen molar-refractivity contribution in [3.8, 4) is 5.75 Å². The average molecular weight is 348 g/mol. The maximum absolute atomic E-state index is 12.4. The van der Waals surface area contributed by atoms with Gasteiger partial charge in [0.1, 0.15) is 11.8 Å². The lowest BCUT2D eigenvalue weighted by molar-refractivity contribution is -0.142. The van der Waals surface area contributed by atoms with E-state index in [0.717, 1.165) is 5.56 Å². The van der Waals surface area contributed by atoms with E-state index in [2.05, 4.69) is 10.6 Å². The fraction of sp³-hybridized carbons (Fsp3) is 0.500. The predicted octanol–water partition coefficient (Wildman–Crippen LogP) is 1.28. The number of benzene rings is 1. The van der Waals surface area contributed by atoms with Crippen LogP contribution < -0.4 is 15.4 Å². The number of nitrogens with one attached hydrogen (secondary N) is 2. The molecule has 1 aromatic carbocycles. The third kappa shape index (κ3) is 5.20. The Morgan fingerprint density at radius 1 is 1.28 bits per heavy atom. The second-order valence-electron chi connectivity index (χ2n) is 6.53. The number of hydrogen-bond acceptors (Lipinski definition) is 4. The van der Waals surface area contributed by atoms with E-state index in [1.165, 1.54) is 0 Å². The Kier molecular flexibility index (Phi) is 6.38. The lowest BCUT2D eigenvalue weighted by Crippen LogP contribution is -2.46. The normalized spacial score (nSPS) is 17.2. The maximum atomic E-state index is 12.4. The highest BCUT2D eigenvalue weighted by molar-refractivity contribution is 5.90. The maximum Gasteiger partial charge on any atom is 0.326 e. The summed E-state index contributed by atoms with van der Waals surface area (Å²) in [6, 6.07) is 6.37. The van der Waals surface area contributed by atoms with Crippen molar-refractivity contribution in [1.29, 1.82) is 0 Å². The van der Waals surface area contributed by atoms with Crippen molar-refractivity contribution in [3.63, 3.8) is 0 Å². The zero-order valence-corrected chi connectivity index (χ0v) is 14.5. The average Bonchev–Trinajstić information content (AvgIpc) is 2.58. The summed E-state index contributed by atoms with van der Waals surface area (Å²) in [5.41, 5.74) is 0.801. The van der Waals surface area contributed by atoms with Gasteiger partial charge >= 0.3 is 5.97 Å². The largest absolute Gasteiger partial charge is 0.493 e. The number of hydrogen-bond donors (Lipinski definition) is 3. The summed E-state index contributed by atoms with van der Waals surface area (Å²) < 4.78 is 5.52. The standard InChI is InChI=1S/C18H24N2O5/c1-11(2)9-14(18(23)24)20-16(21)10-19-17(22)13-7-8-25-15-6-4-3-5-12(13)15/h3-6,11,13-14H,7-10H2,1-2H3,(H,19,22)(H,20,21)(H,23,24)/t13?,14-/m0/s1. The number of carbonyl (C=O) groups excluding carboxylic acids is 2. The van der Waals surface area contributed by atoms with Crippen LogP contribution in [-0.4, -0.2) is 42.1 Å². The van der Waals surface area contributed by atoms with Crippen LogP contribution in [0.1, 0.15) is 38.2 Å². The monoisotopic (exact) mass is 348 g/mol. The highest BCUT2D eigenvalue weighted by Gasteiger charge is 2.28. The molecule has 1 heterocycles. The summed E-state index contributed by atoms with van der Waals surface area (Å²) in [7, 11) is 0. The van der Waals surface area contributed by atoms with Crippen molar-refractivity contribution in [3.05, 3.63) is 29.8 Å². The minimum atomic E-state index is -1.08. The molecule has 7 heteroatoms. The molecule has 0 fully saturated rings. The van der Waals surface area contributed by atoms with Crippen molar-refractivity contribution in [2.24, 2.45) is 5.92 Å².